The molecule has 1 aliphatic heterocycles. The lowest BCUT2D eigenvalue weighted by Crippen LogP contribution is -2.53. The van der Waals surface area contributed by atoms with E-state index in [2.05, 4.69) is 63.4 Å². The van der Waals surface area contributed by atoms with Crippen LogP contribution in [-0.4, -0.2) is 74.7 Å². The number of nitrogens with one attached hydrogen (secondary N) is 1. The van der Waals surface area contributed by atoms with Crippen molar-refractivity contribution in [1.82, 2.24) is 15.1 Å². The molecule has 1 unspecified atom stereocenters. The number of guanidine groups is 1. The van der Waals surface area contributed by atoms with Crippen molar-refractivity contribution in [2.45, 2.75) is 6.04 Å². The van der Waals surface area contributed by atoms with Crippen molar-refractivity contribution in [2.24, 2.45) is 4.99 Å². The molecule has 1 fully saturated rings. The topological polar surface area (TPSA) is 54.3 Å². The van der Waals surface area contributed by atoms with Crippen LogP contribution in [0.2, 0.25) is 0 Å². The number of piperazine rings is 1. The fourth-order valence-electron chi connectivity index (χ4n) is 3.68. The highest BCUT2D eigenvalue weighted by atomic mass is 127. The molecule has 0 aromatic heterocycles. The zero-order valence-electron chi connectivity index (χ0n) is 17.5. The molecule has 0 saturated carbocycles. The van der Waals surface area contributed by atoms with E-state index in [9.17, 15) is 5.11 Å². The van der Waals surface area contributed by atoms with Crippen molar-refractivity contribution in [3.8, 4) is 5.75 Å². The van der Waals surface area contributed by atoms with E-state index in [4.69, 9.17) is 0 Å². The van der Waals surface area contributed by atoms with Gasteiger partial charge in [0.25, 0.3) is 0 Å². The first-order valence-electron chi connectivity index (χ1n) is 9.80. The number of phenols is 1. The minimum Gasteiger partial charge on any atom is -0.506 e. The van der Waals surface area contributed by atoms with E-state index in [1.165, 1.54) is 5.56 Å². The predicted molar refractivity (Wildman–Crippen MR) is 132 cm³/mol. The van der Waals surface area contributed by atoms with E-state index in [1.54, 1.807) is 6.07 Å². The van der Waals surface area contributed by atoms with Crippen LogP contribution < -0.4 is 10.2 Å². The Morgan fingerprint density at radius 2 is 1.66 bits per heavy atom. The van der Waals surface area contributed by atoms with E-state index in [0.717, 1.165) is 44.4 Å². The van der Waals surface area contributed by atoms with Crippen LogP contribution in [-0.2, 0) is 0 Å². The van der Waals surface area contributed by atoms with Crippen LogP contribution >= 0.6 is 24.0 Å². The molecule has 0 amide bonds. The molecule has 1 aliphatic rings. The summed E-state index contributed by atoms with van der Waals surface area (Å²) in [6.45, 7) is 4.24. The Kier molecular flexibility index (Phi) is 9.03. The molecule has 0 aliphatic carbocycles. The summed E-state index contributed by atoms with van der Waals surface area (Å²) in [6, 6.07) is 18.4. The van der Waals surface area contributed by atoms with Crippen LogP contribution in [0, 0.1) is 0 Å². The highest BCUT2D eigenvalue weighted by Crippen LogP contribution is 2.27. The maximum absolute atomic E-state index is 10.1. The number of anilines is 1. The second kappa shape index (κ2) is 11.3. The minimum atomic E-state index is 0. The lowest BCUT2D eigenvalue weighted by atomic mass is 10.1. The number of rotatable bonds is 5. The fraction of sp³-hybridized carbons (Fsp3) is 0.409. The van der Waals surface area contributed by atoms with Gasteiger partial charge in [0.05, 0.1) is 11.7 Å². The zero-order chi connectivity index (χ0) is 19.9. The normalized spacial score (nSPS) is 15.8. The number of halogens is 1. The Hall–Kier alpha value is -2.00. The molecule has 7 heteroatoms. The third-order valence-corrected chi connectivity index (χ3v) is 5.27. The van der Waals surface area contributed by atoms with Gasteiger partial charge in [0.1, 0.15) is 5.75 Å². The lowest BCUT2D eigenvalue weighted by molar-refractivity contribution is 0.292. The highest BCUT2D eigenvalue weighted by molar-refractivity contribution is 14.0. The first-order valence-corrected chi connectivity index (χ1v) is 9.80. The number of aromatic hydroxyl groups is 1. The first-order chi connectivity index (χ1) is 13.6. The summed E-state index contributed by atoms with van der Waals surface area (Å²) in [5.41, 5.74) is 2.20. The van der Waals surface area contributed by atoms with Crippen molar-refractivity contribution in [1.29, 1.82) is 0 Å². The van der Waals surface area contributed by atoms with Crippen molar-refractivity contribution < 1.29 is 5.11 Å². The average molecular weight is 509 g/mol. The van der Waals surface area contributed by atoms with Gasteiger partial charge in [-0.15, -0.1) is 24.0 Å². The van der Waals surface area contributed by atoms with E-state index in [1.807, 2.05) is 31.3 Å². The smallest absolute Gasteiger partial charge is 0.193 e. The number of para-hydroxylation sites is 2. The van der Waals surface area contributed by atoms with Gasteiger partial charge in [0, 0.05) is 39.8 Å². The summed E-state index contributed by atoms with van der Waals surface area (Å²) >= 11 is 0. The molecule has 1 heterocycles. The third-order valence-electron chi connectivity index (χ3n) is 5.27. The molecule has 2 N–H and O–H groups in total. The van der Waals surface area contributed by atoms with Crippen molar-refractivity contribution >= 4 is 35.6 Å². The summed E-state index contributed by atoms with van der Waals surface area (Å²) in [4.78, 5) is 11.2. The number of hydrogen-bond acceptors (Lipinski definition) is 4. The van der Waals surface area contributed by atoms with Gasteiger partial charge in [-0.2, -0.15) is 0 Å². The van der Waals surface area contributed by atoms with Gasteiger partial charge < -0.3 is 25.1 Å². The van der Waals surface area contributed by atoms with Gasteiger partial charge in [0.2, 0.25) is 0 Å². The monoisotopic (exact) mass is 509 g/mol. The molecule has 2 aromatic carbocycles. The van der Waals surface area contributed by atoms with Crippen LogP contribution in [0.5, 0.6) is 5.75 Å². The van der Waals surface area contributed by atoms with E-state index < -0.39 is 0 Å². The lowest BCUT2D eigenvalue weighted by Gasteiger charge is -2.38. The fourth-order valence-corrected chi connectivity index (χ4v) is 3.68. The summed E-state index contributed by atoms with van der Waals surface area (Å²) in [6.07, 6.45) is 0. The van der Waals surface area contributed by atoms with Gasteiger partial charge in [-0.05, 0) is 31.8 Å². The van der Waals surface area contributed by atoms with Crippen molar-refractivity contribution in [3.63, 3.8) is 0 Å². The Bertz CT molecular complexity index is 776. The molecule has 1 atom stereocenters. The van der Waals surface area contributed by atoms with Crippen LogP contribution in [0.3, 0.4) is 0 Å². The Labute approximate surface area is 191 Å². The summed E-state index contributed by atoms with van der Waals surface area (Å²) in [5.74, 6) is 1.27. The molecule has 6 nitrogen and oxygen atoms in total. The molecule has 158 valence electrons. The zero-order valence-corrected chi connectivity index (χ0v) is 19.8. The number of aliphatic imine (C=N–C) groups is 1. The molecule has 2 aromatic rings. The van der Waals surface area contributed by atoms with E-state index >= 15 is 0 Å². The van der Waals surface area contributed by atoms with Gasteiger partial charge in [-0.25, -0.2) is 0 Å². The van der Waals surface area contributed by atoms with Crippen LogP contribution in [0.25, 0.3) is 0 Å². The second-order valence-corrected chi connectivity index (χ2v) is 7.28. The first kappa shape index (κ1) is 23.3. The number of phenolic OH excluding ortho intramolecular Hbond substituents is 1. The van der Waals surface area contributed by atoms with Gasteiger partial charge in [0.15, 0.2) is 5.96 Å². The molecular formula is C22H32IN5O. The van der Waals surface area contributed by atoms with Crippen LogP contribution in [0.15, 0.2) is 59.6 Å². The van der Waals surface area contributed by atoms with E-state index in [0.29, 0.717) is 5.75 Å². The maximum Gasteiger partial charge on any atom is 0.193 e. The quantitative estimate of drug-likeness (QED) is 0.369. The molecule has 0 spiro atoms. The molecule has 1 saturated heterocycles. The standard InChI is InChI=1S/C22H31N5O.HI/c1-23-22(24-17-20(25(2)3)18-9-5-4-6-10-18)27-15-13-26(14-16-27)19-11-7-8-12-21(19)28;/h4-12,20,28H,13-17H2,1-3H3,(H,23,24);1H. The van der Waals surface area contributed by atoms with Crippen molar-refractivity contribution in [3.05, 3.63) is 60.2 Å². The maximum atomic E-state index is 10.1. The Morgan fingerprint density at radius 3 is 2.24 bits per heavy atom. The summed E-state index contributed by atoms with van der Waals surface area (Å²) in [5, 5.41) is 13.6. The number of hydrogen-bond donors (Lipinski definition) is 2. The Morgan fingerprint density at radius 1 is 1.03 bits per heavy atom. The largest absolute Gasteiger partial charge is 0.506 e. The SMILES string of the molecule is CN=C(NCC(c1ccccc1)N(C)C)N1CCN(c2ccccc2O)CC1.I. The van der Waals surface area contributed by atoms with Crippen molar-refractivity contribution in [2.75, 3.05) is 58.8 Å². The minimum absolute atomic E-state index is 0. The second-order valence-electron chi connectivity index (χ2n) is 7.28. The Balaban J connectivity index is 0.00000300. The average Bonchev–Trinajstić information content (AvgIpc) is 2.72. The van der Waals surface area contributed by atoms with E-state index in [-0.39, 0.29) is 30.0 Å². The third kappa shape index (κ3) is 5.99. The molecule has 3 rings (SSSR count). The number of likely N-dealkylation sites (N-methyl/N-ethyl adjacent to an activating group) is 1. The number of nitrogens with zero attached hydrogens (tertiary/aromatic N) is 4. The van der Waals surface area contributed by atoms with Crippen LogP contribution in [0.1, 0.15) is 11.6 Å². The summed E-state index contributed by atoms with van der Waals surface area (Å²) < 4.78 is 0. The van der Waals surface area contributed by atoms with Gasteiger partial charge in [-0.1, -0.05) is 42.5 Å². The molecule has 29 heavy (non-hydrogen) atoms. The number of benzene rings is 2. The van der Waals surface area contributed by atoms with Gasteiger partial charge in [-0.3, -0.25) is 4.99 Å². The highest BCUT2D eigenvalue weighted by Gasteiger charge is 2.22. The predicted octanol–water partition coefficient (Wildman–Crippen LogP) is 3.01. The van der Waals surface area contributed by atoms with Crippen LogP contribution in [0.4, 0.5) is 5.69 Å². The van der Waals surface area contributed by atoms with Gasteiger partial charge >= 0.3 is 0 Å². The molecule has 0 bridgehead atoms. The molecular weight excluding hydrogens is 477 g/mol. The summed E-state index contributed by atoms with van der Waals surface area (Å²) in [7, 11) is 6.05. The molecule has 0 radical (unpaired) electrons.